The summed E-state index contributed by atoms with van der Waals surface area (Å²) in [5, 5.41) is 11.7. The molecular weight excluding hydrogens is 400 g/mol. The van der Waals surface area contributed by atoms with Crippen molar-refractivity contribution in [2.75, 3.05) is 0 Å². The minimum Gasteiger partial charge on any atom is -0.508 e. The van der Waals surface area contributed by atoms with Crippen molar-refractivity contribution in [2.24, 2.45) is 5.92 Å². The number of aromatic hydroxyl groups is 1. The summed E-state index contributed by atoms with van der Waals surface area (Å²) < 4.78 is 6.93. The van der Waals surface area contributed by atoms with Gasteiger partial charge in [-0.15, -0.1) is 0 Å². The fraction of sp³-hybridized carbons (Fsp3) is 0.261. The van der Waals surface area contributed by atoms with Crippen LogP contribution in [0.15, 0.2) is 67.7 Å². The number of hydrogen-bond donors (Lipinski definition) is 1. The number of benzene rings is 2. The number of rotatable bonds is 6. The molecule has 2 aromatic heterocycles. The predicted molar refractivity (Wildman–Crippen MR) is 119 cm³/mol. The summed E-state index contributed by atoms with van der Waals surface area (Å²) in [5.74, 6) is 0.935. The molecule has 0 unspecified atom stereocenters. The molecule has 30 heavy (non-hydrogen) atoms. The van der Waals surface area contributed by atoms with E-state index in [0.29, 0.717) is 39.9 Å². The molecule has 7 heteroatoms. The lowest BCUT2D eigenvalue weighted by molar-refractivity contribution is 0.473. The highest BCUT2D eigenvalue weighted by Gasteiger charge is 2.14. The van der Waals surface area contributed by atoms with Gasteiger partial charge in [0.25, 0.3) is 5.56 Å². The first-order chi connectivity index (χ1) is 14.4. The van der Waals surface area contributed by atoms with E-state index in [1.54, 1.807) is 22.8 Å². The molecule has 0 amide bonds. The number of phenolic OH excluding ortho intramolecular Hbond substituents is 1. The van der Waals surface area contributed by atoms with Crippen molar-refractivity contribution < 1.29 is 9.52 Å². The molecule has 0 spiro atoms. The molecule has 6 nitrogen and oxygen atoms in total. The van der Waals surface area contributed by atoms with Gasteiger partial charge < -0.3 is 9.52 Å². The average molecular weight is 423 g/mol. The molecule has 154 valence electrons. The maximum absolute atomic E-state index is 13.1. The first kappa shape index (κ1) is 20.2. The van der Waals surface area contributed by atoms with Gasteiger partial charge in [-0.25, -0.2) is 9.78 Å². The number of para-hydroxylation sites is 1. The smallest absolute Gasteiger partial charge is 0.336 e. The van der Waals surface area contributed by atoms with Gasteiger partial charge in [0.2, 0.25) is 0 Å². The quantitative estimate of drug-likeness (QED) is 0.279. The highest BCUT2D eigenvalue weighted by molar-refractivity contribution is 7.98. The Labute approximate surface area is 177 Å². The zero-order valence-corrected chi connectivity index (χ0v) is 17.6. The van der Waals surface area contributed by atoms with Crippen LogP contribution >= 0.6 is 11.8 Å². The van der Waals surface area contributed by atoms with E-state index in [-0.39, 0.29) is 11.3 Å². The van der Waals surface area contributed by atoms with Crippen LogP contribution in [0, 0.1) is 5.92 Å². The van der Waals surface area contributed by atoms with Crippen molar-refractivity contribution in [3.63, 3.8) is 0 Å². The van der Waals surface area contributed by atoms with E-state index in [9.17, 15) is 14.7 Å². The van der Waals surface area contributed by atoms with E-state index in [1.807, 2.05) is 18.2 Å². The Morgan fingerprint density at radius 3 is 2.70 bits per heavy atom. The fourth-order valence-electron chi connectivity index (χ4n) is 3.32. The summed E-state index contributed by atoms with van der Waals surface area (Å²) in [7, 11) is 0. The summed E-state index contributed by atoms with van der Waals surface area (Å²) in [6.07, 6.45) is 0.866. The normalized spacial score (nSPS) is 11.6. The summed E-state index contributed by atoms with van der Waals surface area (Å²) >= 11 is 1.42. The lowest BCUT2D eigenvalue weighted by Crippen LogP contribution is -2.24. The van der Waals surface area contributed by atoms with Gasteiger partial charge in [0.15, 0.2) is 5.16 Å². The van der Waals surface area contributed by atoms with Gasteiger partial charge in [0.1, 0.15) is 11.3 Å². The lowest BCUT2D eigenvalue weighted by atomic mass is 10.1. The maximum atomic E-state index is 13.1. The molecule has 0 radical (unpaired) electrons. The number of phenols is 1. The molecule has 0 saturated heterocycles. The summed E-state index contributed by atoms with van der Waals surface area (Å²) in [5.41, 5.74) is 1.23. The Balaban J connectivity index is 1.75. The van der Waals surface area contributed by atoms with Gasteiger partial charge in [0, 0.05) is 29.8 Å². The van der Waals surface area contributed by atoms with Crippen molar-refractivity contribution in [1.29, 1.82) is 0 Å². The van der Waals surface area contributed by atoms with Gasteiger partial charge in [0.05, 0.1) is 10.9 Å². The minimum atomic E-state index is -0.479. The Morgan fingerprint density at radius 1 is 1.10 bits per heavy atom. The molecule has 0 fully saturated rings. The third-order valence-corrected chi connectivity index (χ3v) is 5.95. The first-order valence-electron chi connectivity index (χ1n) is 9.80. The summed E-state index contributed by atoms with van der Waals surface area (Å²) in [6.45, 7) is 4.83. The number of thioether (sulfide) groups is 1. The monoisotopic (exact) mass is 422 g/mol. The molecule has 2 aromatic carbocycles. The van der Waals surface area contributed by atoms with Crippen LogP contribution in [0.2, 0.25) is 0 Å². The van der Waals surface area contributed by atoms with Crippen LogP contribution in [-0.4, -0.2) is 14.7 Å². The SMILES string of the molecule is CC(C)CCn1c(SCc2cc(=O)oc3cc(O)ccc23)nc2ccccc2c1=O. The number of nitrogens with zero attached hydrogens (tertiary/aromatic N) is 2. The van der Waals surface area contributed by atoms with Crippen molar-refractivity contribution in [2.45, 2.75) is 37.7 Å². The molecule has 0 aliphatic carbocycles. The van der Waals surface area contributed by atoms with E-state index in [1.165, 1.54) is 23.9 Å². The molecule has 2 heterocycles. The number of hydrogen-bond acceptors (Lipinski definition) is 6. The van der Waals surface area contributed by atoms with Crippen LogP contribution in [0.1, 0.15) is 25.8 Å². The third-order valence-electron chi connectivity index (χ3n) is 4.93. The van der Waals surface area contributed by atoms with Crippen molar-refractivity contribution in [1.82, 2.24) is 9.55 Å². The molecule has 0 aliphatic rings. The summed E-state index contributed by atoms with van der Waals surface area (Å²) in [4.78, 5) is 29.8. The Hall–Kier alpha value is -3.06. The van der Waals surface area contributed by atoms with E-state index in [2.05, 4.69) is 13.8 Å². The van der Waals surface area contributed by atoms with Crippen LogP contribution in [0.5, 0.6) is 5.75 Å². The van der Waals surface area contributed by atoms with E-state index < -0.39 is 5.63 Å². The van der Waals surface area contributed by atoms with Crippen LogP contribution in [0.3, 0.4) is 0 Å². The Morgan fingerprint density at radius 2 is 1.90 bits per heavy atom. The molecule has 4 rings (SSSR count). The molecule has 1 N–H and O–H groups in total. The fourth-order valence-corrected chi connectivity index (χ4v) is 4.34. The van der Waals surface area contributed by atoms with Crippen LogP contribution < -0.4 is 11.2 Å². The second-order valence-electron chi connectivity index (χ2n) is 7.61. The van der Waals surface area contributed by atoms with E-state index >= 15 is 0 Å². The zero-order chi connectivity index (χ0) is 21.3. The first-order valence-corrected chi connectivity index (χ1v) is 10.8. The molecule has 4 aromatic rings. The molecule has 0 bridgehead atoms. The molecule has 0 saturated carbocycles. The van der Waals surface area contributed by atoms with E-state index in [0.717, 1.165) is 17.4 Å². The molecule has 0 aliphatic heterocycles. The van der Waals surface area contributed by atoms with E-state index in [4.69, 9.17) is 9.40 Å². The van der Waals surface area contributed by atoms with Gasteiger partial charge in [-0.05, 0) is 42.2 Å². The van der Waals surface area contributed by atoms with Gasteiger partial charge in [-0.3, -0.25) is 9.36 Å². The lowest BCUT2D eigenvalue weighted by Gasteiger charge is -2.14. The Kier molecular flexibility index (Phi) is 5.63. The average Bonchev–Trinajstić information content (AvgIpc) is 2.71. The van der Waals surface area contributed by atoms with Gasteiger partial charge in [-0.1, -0.05) is 37.7 Å². The molecule has 0 atom stereocenters. The second-order valence-corrected chi connectivity index (χ2v) is 8.55. The standard InChI is InChI=1S/C23H22N2O4S/c1-14(2)9-10-25-22(28)18-5-3-4-6-19(18)24-23(25)30-13-15-11-21(27)29-20-12-16(26)7-8-17(15)20/h3-8,11-12,14,26H,9-10,13H2,1-2H3. The zero-order valence-electron chi connectivity index (χ0n) is 16.8. The van der Waals surface area contributed by atoms with Crippen molar-refractivity contribution >= 4 is 33.6 Å². The molecular formula is C23H22N2O4S. The van der Waals surface area contributed by atoms with Gasteiger partial charge in [-0.2, -0.15) is 0 Å². The summed E-state index contributed by atoms with van der Waals surface area (Å²) in [6, 6.07) is 13.5. The maximum Gasteiger partial charge on any atom is 0.336 e. The number of fused-ring (bicyclic) bond motifs is 2. The third kappa shape index (κ3) is 4.11. The van der Waals surface area contributed by atoms with Crippen LogP contribution in [0.25, 0.3) is 21.9 Å². The minimum absolute atomic E-state index is 0.0363. The van der Waals surface area contributed by atoms with Crippen molar-refractivity contribution in [3.8, 4) is 5.75 Å². The van der Waals surface area contributed by atoms with Gasteiger partial charge >= 0.3 is 5.63 Å². The van der Waals surface area contributed by atoms with Crippen molar-refractivity contribution in [3.05, 3.63) is 74.9 Å². The van der Waals surface area contributed by atoms with Crippen LogP contribution in [0.4, 0.5) is 0 Å². The van der Waals surface area contributed by atoms with Crippen LogP contribution in [-0.2, 0) is 12.3 Å². The topological polar surface area (TPSA) is 85.3 Å². The largest absolute Gasteiger partial charge is 0.508 e. The number of aromatic nitrogens is 2. The predicted octanol–water partition coefficient (Wildman–Crippen LogP) is 4.55. The second kappa shape index (κ2) is 8.36. The highest BCUT2D eigenvalue weighted by Crippen LogP contribution is 2.28. The Bertz CT molecular complexity index is 1340. The highest BCUT2D eigenvalue weighted by atomic mass is 32.2.